The van der Waals surface area contributed by atoms with Crippen molar-refractivity contribution in [2.75, 3.05) is 10.6 Å². The van der Waals surface area contributed by atoms with Crippen LogP contribution in [-0.4, -0.2) is 11.9 Å². The first-order valence-corrected chi connectivity index (χ1v) is 7.99. The summed E-state index contributed by atoms with van der Waals surface area (Å²) in [5.74, 6) is -0.370. The van der Waals surface area contributed by atoms with Crippen LogP contribution >= 0.6 is 11.6 Å². The number of amides is 1. The molecule has 0 saturated heterocycles. The molecule has 122 valence electrons. The fourth-order valence-corrected chi connectivity index (χ4v) is 2.27. The van der Waals surface area contributed by atoms with Gasteiger partial charge in [0.2, 0.25) is 5.91 Å². The topological polar surface area (TPSA) is 67.2 Å². The fraction of sp³-hybridized carbons (Fsp3) is 0.278. The molecule has 4 N–H and O–H groups in total. The molecule has 2 aromatic rings. The molecule has 2 unspecified atom stereocenters. The van der Waals surface area contributed by atoms with Crippen LogP contribution in [0.2, 0.25) is 5.02 Å². The number of rotatable bonds is 6. The van der Waals surface area contributed by atoms with Crippen LogP contribution in [0.15, 0.2) is 48.5 Å². The van der Waals surface area contributed by atoms with Gasteiger partial charge in [-0.1, -0.05) is 48.9 Å². The van der Waals surface area contributed by atoms with Gasteiger partial charge < -0.3 is 16.4 Å². The highest BCUT2D eigenvalue weighted by Crippen LogP contribution is 2.26. The van der Waals surface area contributed by atoms with Crippen LogP contribution in [0.3, 0.4) is 0 Å². The monoisotopic (exact) mass is 331 g/mol. The molecule has 0 radical (unpaired) electrons. The summed E-state index contributed by atoms with van der Waals surface area (Å²) in [5.41, 5.74) is 8.41. The van der Waals surface area contributed by atoms with E-state index in [1.54, 1.807) is 13.0 Å². The Morgan fingerprint density at radius 1 is 1.17 bits per heavy atom. The molecule has 0 aliphatic heterocycles. The minimum atomic E-state index is -0.260. The Bertz CT molecular complexity index is 659. The van der Waals surface area contributed by atoms with Crippen molar-refractivity contribution in [1.82, 2.24) is 0 Å². The van der Waals surface area contributed by atoms with Gasteiger partial charge in [0, 0.05) is 18.3 Å². The van der Waals surface area contributed by atoms with Crippen LogP contribution in [0, 0.1) is 5.92 Å². The summed E-state index contributed by atoms with van der Waals surface area (Å²) in [4.78, 5) is 12.0. The molecule has 0 fully saturated rings. The van der Waals surface area contributed by atoms with Crippen molar-refractivity contribution < 1.29 is 4.79 Å². The molecule has 0 heterocycles. The van der Waals surface area contributed by atoms with Gasteiger partial charge >= 0.3 is 0 Å². The van der Waals surface area contributed by atoms with Gasteiger partial charge in [-0.2, -0.15) is 0 Å². The maximum absolute atomic E-state index is 12.0. The van der Waals surface area contributed by atoms with Crippen molar-refractivity contribution in [3.05, 3.63) is 59.1 Å². The Balaban J connectivity index is 1.99. The molecular weight excluding hydrogens is 310 g/mol. The lowest BCUT2D eigenvalue weighted by molar-refractivity contribution is -0.119. The zero-order valence-corrected chi connectivity index (χ0v) is 14.1. The molecule has 0 saturated carbocycles. The Morgan fingerprint density at radius 3 is 2.48 bits per heavy atom. The number of nitrogens with one attached hydrogen (secondary N) is 2. The second-order valence-electron chi connectivity index (χ2n) is 5.67. The summed E-state index contributed by atoms with van der Waals surface area (Å²) in [6.07, 6.45) is 0. The Labute approximate surface area is 142 Å². The number of nitrogens with two attached hydrogens (primary N) is 1. The first-order valence-electron chi connectivity index (χ1n) is 7.61. The quantitative estimate of drug-likeness (QED) is 0.752. The van der Waals surface area contributed by atoms with E-state index in [0.29, 0.717) is 17.3 Å². The average Bonchev–Trinajstić information content (AvgIpc) is 2.54. The van der Waals surface area contributed by atoms with Gasteiger partial charge in [0.05, 0.1) is 16.6 Å². The summed E-state index contributed by atoms with van der Waals surface area (Å²) < 4.78 is 0. The maximum Gasteiger partial charge on any atom is 0.228 e. The molecule has 4 nitrogen and oxygen atoms in total. The highest BCUT2D eigenvalue weighted by Gasteiger charge is 2.17. The third-order valence-corrected chi connectivity index (χ3v) is 4.08. The molecule has 0 bridgehead atoms. The summed E-state index contributed by atoms with van der Waals surface area (Å²) in [5, 5.41) is 6.68. The zero-order valence-electron chi connectivity index (χ0n) is 13.3. The summed E-state index contributed by atoms with van der Waals surface area (Å²) in [6.45, 7) is 4.30. The largest absolute Gasteiger partial charge is 0.380 e. The number of anilines is 2. The van der Waals surface area contributed by atoms with Crippen LogP contribution in [0.4, 0.5) is 11.4 Å². The molecular formula is C18H22ClN3O. The summed E-state index contributed by atoms with van der Waals surface area (Å²) in [6, 6.07) is 15.3. The molecule has 2 rings (SSSR count). The van der Waals surface area contributed by atoms with Gasteiger partial charge in [-0.15, -0.1) is 0 Å². The highest BCUT2D eigenvalue weighted by molar-refractivity contribution is 6.33. The van der Waals surface area contributed by atoms with Crippen LogP contribution in [-0.2, 0) is 11.3 Å². The van der Waals surface area contributed by atoms with Crippen molar-refractivity contribution in [1.29, 1.82) is 0 Å². The molecule has 0 aromatic heterocycles. The predicted octanol–water partition coefficient (Wildman–Crippen LogP) is 3.87. The van der Waals surface area contributed by atoms with Gasteiger partial charge in [-0.25, -0.2) is 0 Å². The van der Waals surface area contributed by atoms with E-state index in [0.717, 1.165) is 5.69 Å². The molecule has 23 heavy (non-hydrogen) atoms. The summed E-state index contributed by atoms with van der Waals surface area (Å²) in [7, 11) is 0. The first-order chi connectivity index (χ1) is 11.0. The van der Waals surface area contributed by atoms with Crippen molar-refractivity contribution in [3.63, 3.8) is 0 Å². The lowest BCUT2D eigenvalue weighted by atomic mass is 10.0. The molecule has 2 atom stereocenters. The molecule has 0 aliphatic carbocycles. The van der Waals surface area contributed by atoms with Gasteiger partial charge in [-0.05, 0) is 30.7 Å². The van der Waals surface area contributed by atoms with E-state index >= 15 is 0 Å². The van der Waals surface area contributed by atoms with E-state index < -0.39 is 0 Å². The zero-order chi connectivity index (χ0) is 16.8. The Hall–Kier alpha value is -2.04. The lowest BCUT2D eigenvalue weighted by Gasteiger charge is -2.16. The number of hydrogen-bond donors (Lipinski definition) is 3. The van der Waals surface area contributed by atoms with Crippen molar-refractivity contribution in [2.24, 2.45) is 11.7 Å². The Kier molecular flexibility index (Phi) is 6.02. The minimum absolute atomic E-state index is 0.110. The number of carbonyl (C=O) groups is 1. The van der Waals surface area contributed by atoms with Crippen molar-refractivity contribution >= 4 is 28.9 Å². The number of carbonyl (C=O) groups excluding carboxylic acids is 1. The minimum Gasteiger partial charge on any atom is -0.380 e. The molecule has 1 amide bonds. The van der Waals surface area contributed by atoms with Gasteiger partial charge in [0.25, 0.3) is 0 Å². The van der Waals surface area contributed by atoms with Crippen molar-refractivity contribution in [2.45, 2.75) is 26.4 Å². The molecule has 0 spiro atoms. The Morgan fingerprint density at radius 2 is 1.87 bits per heavy atom. The average molecular weight is 332 g/mol. The smallest absolute Gasteiger partial charge is 0.228 e. The third-order valence-electron chi connectivity index (χ3n) is 3.76. The van der Waals surface area contributed by atoms with Gasteiger partial charge in [-0.3, -0.25) is 4.79 Å². The fourth-order valence-electron chi connectivity index (χ4n) is 2.02. The SMILES string of the molecule is CC(N)C(C)C(=O)Nc1ccc(NCc2ccccc2)c(Cl)c1. The molecule has 2 aromatic carbocycles. The second kappa shape index (κ2) is 7.99. The standard InChI is InChI=1S/C18H22ClN3O/c1-12(13(2)20)18(23)22-15-8-9-17(16(19)10-15)21-11-14-6-4-3-5-7-14/h3-10,12-13,21H,11,20H2,1-2H3,(H,22,23). The molecule has 0 aliphatic rings. The van der Waals surface area contributed by atoms with Gasteiger partial charge in [0.1, 0.15) is 0 Å². The predicted molar refractivity (Wildman–Crippen MR) is 96.7 cm³/mol. The first kappa shape index (κ1) is 17.3. The van der Waals surface area contributed by atoms with E-state index in [9.17, 15) is 4.79 Å². The van der Waals surface area contributed by atoms with Crippen LogP contribution in [0.5, 0.6) is 0 Å². The number of hydrogen-bond acceptors (Lipinski definition) is 3. The van der Waals surface area contributed by atoms with E-state index in [1.165, 1.54) is 5.56 Å². The molecule has 5 heteroatoms. The van der Waals surface area contributed by atoms with Crippen molar-refractivity contribution in [3.8, 4) is 0 Å². The van der Waals surface area contributed by atoms with Crippen LogP contribution < -0.4 is 16.4 Å². The van der Waals surface area contributed by atoms with Crippen LogP contribution in [0.25, 0.3) is 0 Å². The van der Waals surface area contributed by atoms with E-state index in [2.05, 4.69) is 10.6 Å². The lowest BCUT2D eigenvalue weighted by Crippen LogP contribution is -2.34. The number of benzene rings is 2. The van der Waals surface area contributed by atoms with Gasteiger partial charge in [0.15, 0.2) is 0 Å². The van der Waals surface area contributed by atoms with Crippen LogP contribution in [0.1, 0.15) is 19.4 Å². The highest BCUT2D eigenvalue weighted by atomic mass is 35.5. The maximum atomic E-state index is 12.0. The normalized spacial score (nSPS) is 13.2. The second-order valence-corrected chi connectivity index (χ2v) is 6.08. The van der Waals surface area contributed by atoms with E-state index in [1.807, 2.05) is 49.4 Å². The third kappa shape index (κ3) is 4.98. The van der Waals surface area contributed by atoms with E-state index in [4.69, 9.17) is 17.3 Å². The number of halogens is 1. The van der Waals surface area contributed by atoms with E-state index in [-0.39, 0.29) is 17.9 Å². The summed E-state index contributed by atoms with van der Waals surface area (Å²) >= 11 is 6.28.